The van der Waals surface area contributed by atoms with Crippen LogP contribution in [0, 0.1) is 5.82 Å². The van der Waals surface area contributed by atoms with Gasteiger partial charge in [-0.2, -0.15) is 0 Å². The van der Waals surface area contributed by atoms with Gasteiger partial charge in [0.25, 0.3) is 0 Å². The maximum atomic E-state index is 13.9. The third-order valence-corrected chi connectivity index (χ3v) is 3.72. The molecule has 0 aromatic heterocycles. The van der Waals surface area contributed by atoms with Crippen molar-refractivity contribution < 1.29 is 9.13 Å². The summed E-state index contributed by atoms with van der Waals surface area (Å²) in [6.07, 6.45) is 2.16. The van der Waals surface area contributed by atoms with Crippen LogP contribution in [0.4, 0.5) is 4.39 Å². The van der Waals surface area contributed by atoms with E-state index in [0.29, 0.717) is 11.8 Å². The Morgan fingerprint density at radius 3 is 2.60 bits per heavy atom. The molecular formula is C15H24ClFN2O. The Hall–Kier alpha value is -0.840. The van der Waals surface area contributed by atoms with Gasteiger partial charge in [-0.3, -0.25) is 4.90 Å². The van der Waals surface area contributed by atoms with Crippen LogP contribution in [0.5, 0.6) is 5.75 Å². The predicted molar refractivity (Wildman–Crippen MR) is 82.3 cm³/mol. The van der Waals surface area contributed by atoms with Crippen LogP contribution in [0.15, 0.2) is 18.2 Å². The Balaban J connectivity index is 0.00000200. The number of nitrogens with one attached hydrogen (secondary N) is 1. The number of methoxy groups -OCH3 is 1. The summed E-state index contributed by atoms with van der Waals surface area (Å²) >= 11 is 0. The summed E-state index contributed by atoms with van der Waals surface area (Å²) in [5.74, 6) is 0.0514. The Morgan fingerprint density at radius 1 is 1.35 bits per heavy atom. The molecule has 1 heterocycles. The molecule has 1 N–H and O–H groups in total. The molecule has 0 unspecified atom stereocenters. The van der Waals surface area contributed by atoms with Crippen molar-refractivity contribution >= 4 is 12.4 Å². The molecule has 1 aromatic rings. The molecule has 1 aliphatic rings. The first-order valence-electron chi connectivity index (χ1n) is 7.04. The Morgan fingerprint density at radius 2 is 2.05 bits per heavy atom. The zero-order chi connectivity index (χ0) is 13.7. The summed E-state index contributed by atoms with van der Waals surface area (Å²) in [6, 6.07) is 5.66. The van der Waals surface area contributed by atoms with Crippen LogP contribution in [0.25, 0.3) is 0 Å². The minimum Gasteiger partial charge on any atom is -0.494 e. The summed E-state index contributed by atoms with van der Waals surface area (Å²) in [6.45, 7) is 6.25. The topological polar surface area (TPSA) is 24.5 Å². The second kappa shape index (κ2) is 8.45. The van der Waals surface area contributed by atoms with Crippen LogP contribution in [-0.2, 0) is 0 Å². The van der Waals surface area contributed by atoms with Gasteiger partial charge >= 0.3 is 0 Å². The number of benzene rings is 1. The van der Waals surface area contributed by atoms with E-state index in [2.05, 4.69) is 17.1 Å². The van der Waals surface area contributed by atoms with Crippen LogP contribution in [-0.4, -0.2) is 38.2 Å². The summed E-state index contributed by atoms with van der Waals surface area (Å²) in [7, 11) is 1.50. The number of rotatable bonds is 5. The van der Waals surface area contributed by atoms with Crippen molar-refractivity contribution in [2.75, 3.05) is 33.3 Å². The van der Waals surface area contributed by atoms with Gasteiger partial charge < -0.3 is 10.1 Å². The normalized spacial score (nSPS) is 17.4. The molecule has 1 saturated heterocycles. The fraction of sp³-hybridized carbons (Fsp3) is 0.600. The van der Waals surface area contributed by atoms with E-state index in [1.54, 1.807) is 12.1 Å². The van der Waals surface area contributed by atoms with Crippen LogP contribution in [0.2, 0.25) is 0 Å². The van der Waals surface area contributed by atoms with E-state index in [0.717, 1.165) is 44.6 Å². The molecule has 2 rings (SSSR count). The monoisotopic (exact) mass is 302 g/mol. The van der Waals surface area contributed by atoms with E-state index >= 15 is 0 Å². The highest BCUT2D eigenvalue weighted by Crippen LogP contribution is 2.29. The predicted octanol–water partition coefficient (Wildman–Crippen LogP) is 3.00. The average molecular weight is 303 g/mol. The lowest BCUT2D eigenvalue weighted by Crippen LogP contribution is -2.45. The molecule has 1 atom stereocenters. The number of piperazine rings is 1. The number of nitrogens with zero attached hydrogens (tertiary/aromatic N) is 1. The van der Waals surface area contributed by atoms with Gasteiger partial charge in [0.1, 0.15) is 0 Å². The fourth-order valence-electron chi connectivity index (χ4n) is 2.72. The highest BCUT2D eigenvalue weighted by molar-refractivity contribution is 5.85. The maximum absolute atomic E-state index is 13.9. The van der Waals surface area contributed by atoms with Crippen molar-refractivity contribution in [1.29, 1.82) is 0 Å². The number of hydrogen-bond donors (Lipinski definition) is 1. The third kappa shape index (κ3) is 4.08. The Labute approximate surface area is 126 Å². The van der Waals surface area contributed by atoms with E-state index in [-0.39, 0.29) is 18.2 Å². The first kappa shape index (κ1) is 17.2. The molecule has 0 spiro atoms. The van der Waals surface area contributed by atoms with Crippen molar-refractivity contribution in [2.24, 2.45) is 0 Å². The van der Waals surface area contributed by atoms with Gasteiger partial charge in [-0.1, -0.05) is 19.4 Å². The molecule has 114 valence electrons. The number of halogens is 2. The second-order valence-corrected chi connectivity index (χ2v) is 4.98. The second-order valence-electron chi connectivity index (χ2n) is 4.98. The summed E-state index contributed by atoms with van der Waals surface area (Å²) in [4.78, 5) is 2.45. The standard InChI is InChI=1S/C15H23FN2O.ClH/c1-3-4-14(18-9-7-17-8-10-18)12-5-6-15(19-2)13(16)11-12;/h5-6,11,14,17H,3-4,7-10H2,1-2H3;1H/t14-;/m0./s1. The molecule has 3 nitrogen and oxygen atoms in total. The molecule has 1 aromatic carbocycles. The average Bonchev–Trinajstić information content (AvgIpc) is 2.45. The van der Waals surface area contributed by atoms with Crippen LogP contribution in [0.1, 0.15) is 31.4 Å². The van der Waals surface area contributed by atoms with Gasteiger partial charge in [0.15, 0.2) is 11.6 Å². The van der Waals surface area contributed by atoms with Crippen LogP contribution < -0.4 is 10.1 Å². The minimum absolute atomic E-state index is 0. The molecule has 0 amide bonds. The van der Waals surface area contributed by atoms with Gasteiger partial charge in [-0.15, -0.1) is 12.4 Å². The SMILES string of the molecule is CCC[C@@H](c1ccc(OC)c(F)c1)N1CCNCC1.Cl. The van der Waals surface area contributed by atoms with Gasteiger partial charge in [0, 0.05) is 32.2 Å². The zero-order valence-electron chi connectivity index (χ0n) is 12.2. The first-order valence-corrected chi connectivity index (χ1v) is 7.04. The van der Waals surface area contributed by atoms with E-state index in [9.17, 15) is 4.39 Å². The molecule has 0 bridgehead atoms. The smallest absolute Gasteiger partial charge is 0.165 e. The van der Waals surface area contributed by atoms with Gasteiger partial charge in [-0.25, -0.2) is 4.39 Å². The van der Waals surface area contributed by atoms with Gasteiger partial charge in [0.05, 0.1) is 7.11 Å². The molecule has 0 saturated carbocycles. The minimum atomic E-state index is -0.267. The van der Waals surface area contributed by atoms with Crippen molar-refractivity contribution in [3.8, 4) is 5.75 Å². The molecule has 1 aliphatic heterocycles. The van der Waals surface area contributed by atoms with Crippen molar-refractivity contribution in [3.05, 3.63) is 29.6 Å². The molecule has 5 heteroatoms. The summed E-state index contributed by atoms with van der Waals surface area (Å²) < 4.78 is 18.8. The van der Waals surface area contributed by atoms with Crippen LogP contribution in [0.3, 0.4) is 0 Å². The fourth-order valence-corrected chi connectivity index (χ4v) is 2.72. The number of ether oxygens (including phenoxy) is 1. The number of hydrogen-bond acceptors (Lipinski definition) is 3. The van der Waals surface area contributed by atoms with E-state index in [1.807, 2.05) is 6.07 Å². The highest BCUT2D eigenvalue weighted by atomic mass is 35.5. The van der Waals surface area contributed by atoms with Crippen molar-refractivity contribution in [3.63, 3.8) is 0 Å². The lowest BCUT2D eigenvalue weighted by molar-refractivity contribution is 0.164. The first-order chi connectivity index (χ1) is 9.26. The van der Waals surface area contributed by atoms with E-state index in [4.69, 9.17) is 4.74 Å². The quantitative estimate of drug-likeness (QED) is 0.905. The summed E-state index contributed by atoms with van der Waals surface area (Å²) in [5.41, 5.74) is 1.06. The maximum Gasteiger partial charge on any atom is 0.165 e. The lowest BCUT2D eigenvalue weighted by atomic mass is 9.99. The van der Waals surface area contributed by atoms with Crippen molar-refractivity contribution in [2.45, 2.75) is 25.8 Å². The Bertz CT molecular complexity index is 411. The zero-order valence-corrected chi connectivity index (χ0v) is 13.0. The van der Waals surface area contributed by atoms with Gasteiger partial charge in [-0.05, 0) is 24.1 Å². The Kier molecular flexibility index (Phi) is 7.27. The molecule has 1 fully saturated rings. The molecular weight excluding hydrogens is 279 g/mol. The molecule has 0 radical (unpaired) electrons. The largest absolute Gasteiger partial charge is 0.494 e. The highest BCUT2D eigenvalue weighted by Gasteiger charge is 2.22. The van der Waals surface area contributed by atoms with Crippen molar-refractivity contribution in [1.82, 2.24) is 10.2 Å². The molecule has 0 aliphatic carbocycles. The van der Waals surface area contributed by atoms with Gasteiger partial charge in [0.2, 0.25) is 0 Å². The third-order valence-electron chi connectivity index (χ3n) is 3.72. The molecule has 20 heavy (non-hydrogen) atoms. The van der Waals surface area contributed by atoms with Crippen LogP contribution >= 0.6 is 12.4 Å². The lowest BCUT2D eigenvalue weighted by Gasteiger charge is -2.35. The summed E-state index contributed by atoms with van der Waals surface area (Å²) in [5, 5.41) is 3.36. The van der Waals surface area contributed by atoms with E-state index in [1.165, 1.54) is 7.11 Å². The van der Waals surface area contributed by atoms with E-state index < -0.39 is 0 Å².